The number of nitrogens with one attached hydrogen (secondary N) is 2. The summed E-state index contributed by atoms with van der Waals surface area (Å²) in [6.45, 7) is 5.56. The molecule has 4 nitrogen and oxygen atoms in total. The first-order valence-corrected chi connectivity index (χ1v) is 8.87. The molecule has 2 aromatic carbocycles. The summed E-state index contributed by atoms with van der Waals surface area (Å²) in [5.41, 5.74) is 3.90. The highest BCUT2D eigenvalue weighted by Gasteiger charge is 2.09. The van der Waals surface area contributed by atoms with Gasteiger partial charge in [0.25, 0.3) is 0 Å². The smallest absolute Gasteiger partial charge is 0.234 e. The molecule has 0 saturated carbocycles. The first kappa shape index (κ1) is 18.1. The molecule has 2 N–H and O–H groups in total. The largest absolute Gasteiger partial charge is 0.326 e. The molecule has 0 spiro atoms. The monoisotopic (exact) mass is 342 g/mol. The maximum Gasteiger partial charge on any atom is 0.234 e. The molecule has 0 bridgehead atoms. The summed E-state index contributed by atoms with van der Waals surface area (Å²) < 4.78 is 0. The van der Waals surface area contributed by atoms with Crippen molar-refractivity contribution >= 4 is 35.0 Å². The molecule has 5 heteroatoms. The van der Waals surface area contributed by atoms with Crippen LogP contribution >= 0.6 is 11.8 Å². The van der Waals surface area contributed by atoms with Crippen LogP contribution in [0.2, 0.25) is 0 Å². The second-order valence-electron chi connectivity index (χ2n) is 5.51. The van der Waals surface area contributed by atoms with Gasteiger partial charge in [0, 0.05) is 23.2 Å². The van der Waals surface area contributed by atoms with Crippen molar-refractivity contribution in [3.8, 4) is 0 Å². The zero-order chi connectivity index (χ0) is 17.5. The molecule has 2 amide bonds. The van der Waals surface area contributed by atoms with Crippen molar-refractivity contribution in [3.63, 3.8) is 0 Å². The number of rotatable bonds is 6. The van der Waals surface area contributed by atoms with Gasteiger partial charge in [0.1, 0.15) is 0 Å². The Kier molecular flexibility index (Phi) is 6.44. The van der Waals surface area contributed by atoms with Crippen LogP contribution in [0.4, 0.5) is 11.4 Å². The van der Waals surface area contributed by atoms with E-state index < -0.39 is 0 Å². The quantitative estimate of drug-likeness (QED) is 0.772. The Morgan fingerprint density at radius 2 is 1.75 bits per heavy atom. The average molecular weight is 342 g/mol. The third kappa shape index (κ3) is 5.13. The van der Waals surface area contributed by atoms with Gasteiger partial charge in [-0.25, -0.2) is 0 Å². The van der Waals surface area contributed by atoms with Gasteiger partial charge in [0.2, 0.25) is 11.8 Å². The minimum Gasteiger partial charge on any atom is -0.326 e. The molecule has 2 aromatic rings. The molecule has 0 saturated heterocycles. The van der Waals surface area contributed by atoms with E-state index in [-0.39, 0.29) is 11.8 Å². The molecule has 126 valence electrons. The normalized spacial score (nSPS) is 10.3. The highest BCUT2D eigenvalue weighted by atomic mass is 32.2. The molecular formula is C19H22N2O2S. The summed E-state index contributed by atoms with van der Waals surface area (Å²) in [4.78, 5) is 24.2. The Bertz CT molecular complexity index is 727. The van der Waals surface area contributed by atoms with E-state index in [9.17, 15) is 9.59 Å². The number of carbonyl (C=O) groups excluding carboxylic acids is 2. The van der Waals surface area contributed by atoms with E-state index in [1.165, 1.54) is 18.7 Å². The molecule has 0 atom stereocenters. The molecular weight excluding hydrogens is 320 g/mol. The summed E-state index contributed by atoms with van der Waals surface area (Å²) in [5.74, 6) is 0.228. The van der Waals surface area contributed by atoms with Crippen molar-refractivity contribution in [2.75, 3.05) is 16.4 Å². The number of hydrogen-bond acceptors (Lipinski definition) is 3. The molecule has 0 aliphatic carbocycles. The molecule has 0 fully saturated rings. The molecule has 0 heterocycles. The van der Waals surface area contributed by atoms with Crippen LogP contribution in [0.1, 0.15) is 25.0 Å². The van der Waals surface area contributed by atoms with E-state index in [1.807, 2.05) is 49.4 Å². The van der Waals surface area contributed by atoms with Gasteiger partial charge in [0.15, 0.2) is 0 Å². The number of para-hydroxylation sites is 1. The molecule has 0 aliphatic heterocycles. The van der Waals surface area contributed by atoms with Crippen LogP contribution in [-0.2, 0) is 16.0 Å². The fourth-order valence-electron chi connectivity index (χ4n) is 2.36. The SMILES string of the molecule is CCc1cccc(C)c1NC(=O)CSc1ccc(NC(C)=O)cc1. The van der Waals surface area contributed by atoms with Gasteiger partial charge in [-0.2, -0.15) is 0 Å². The third-order valence-electron chi connectivity index (χ3n) is 3.55. The average Bonchev–Trinajstić information content (AvgIpc) is 2.55. The van der Waals surface area contributed by atoms with Gasteiger partial charge < -0.3 is 10.6 Å². The predicted octanol–water partition coefficient (Wildman–Crippen LogP) is 4.25. The van der Waals surface area contributed by atoms with Crippen molar-refractivity contribution < 1.29 is 9.59 Å². The van der Waals surface area contributed by atoms with E-state index in [1.54, 1.807) is 0 Å². The zero-order valence-corrected chi connectivity index (χ0v) is 15.0. The van der Waals surface area contributed by atoms with E-state index in [0.717, 1.165) is 33.8 Å². The second-order valence-corrected chi connectivity index (χ2v) is 6.55. The van der Waals surface area contributed by atoms with Crippen LogP contribution in [0.5, 0.6) is 0 Å². The van der Waals surface area contributed by atoms with Crippen LogP contribution in [0, 0.1) is 6.92 Å². The molecule has 24 heavy (non-hydrogen) atoms. The van der Waals surface area contributed by atoms with Gasteiger partial charge in [-0.05, 0) is 48.7 Å². The lowest BCUT2D eigenvalue weighted by Gasteiger charge is -2.13. The van der Waals surface area contributed by atoms with Gasteiger partial charge >= 0.3 is 0 Å². The van der Waals surface area contributed by atoms with Gasteiger partial charge in [-0.3, -0.25) is 9.59 Å². The number of benzene rings is 2. The fraction of sp³-hybridized carbons (Fsp3) is 0.263. The predicted molar refractivity (Wildman–Crippen MR) is 101 cm³/mol. The lowest BCUT2D eigenvalue weighted by atomic mass is 10.1. The molecule has 0 aliphatic rings. The van der Waals surface area contributed by atoms with Crippen LogP contribution < -0.4 is 10.6 Å². The molecule has 2 rings (SSSR count). The van der Waals surface area contributed by atoms with Crippen LogP contribution in [0.25, 0.3) is 0 Å². The Morgan fingerprint density at radius 3 is 2.38 bits per heavy atom. The molecule has 0 unspecified atom stereocenters. The minimum absolute atomic E-state index is 0.0186. The first-order chi connectivity index (χ1) is 11.5. The maximum absolute atomic E-state index is 12.2. The van der Waals surface area contributed by atoms with Crippen molar-refractivity contribution in [3.05, 3.63) is 53.6 Å². The van der Waals surface area contributed by atoms with Crippen LogP contribution in [0.3, 0.4) is 0 Å². The van der Waals surface area contributed by atoms with Crippen molar-refractivity contribution in [2.45, 2.75) is 32.1 Å². The van der Waals surface area contributed by atoms with Crippen molar-refractivity contribution in [2.24, 2.45) is 0 Å². The standard InChI is InChI=1S/C19H22N2O2S/c1-4-15-7-5-6-13(2)19(15)21-18(23)12-24-17-10-8-16(9-11-17)20-14(3)22/h5-11H,4,12H2,1-3H3,(H,20,22)(H,21,23). The number of carbonyl (C=O) groups is 2. The second kappa shape index (κ2) is 8.55. The highest BCUT2D eigenvalue weighted by Crippen LogP contribution is 2.23. The number of amides is 2. The number of anilines is 2. The van der Waals surface area contributed by atoms with Crippen LogP contribution in [-0.4, -0.2) is 17.6 Å². The van der Waals surface area contributed by atoms with E-state index in [0.29, 0.717) is 5.75 Å². The Balaban J connectivity index is 1.93. The molecule has 0 aromatic heterocycles. The summed E-state index contributed by atoms with van der Waals surface area (Å²) in [7, 11) is 0. The Hall–Kier alpha value is -2.27. The van der Waals surface area contributed by atoms with Gasteiger partial charge in [-0.1, -0.05) is 25.1 Å². The molecule has 0 radical (unpaired) electrons. The number of hydrogen-bond donors (Lipinski definition) is 2. The zero-order valence-electron chi connectivity index (χ0n) is 14.2. The highest BCUT2D eigenvalue weighted by molar-refractivity contribution is 8.00. The summed E-state index contributed by atoms with van der Waals surface area (Å²) >= 11 is 1.47. The van der Waals surface area contributed by atoms with Crippen molar-refractivity contribution in [1.29, 1.82) is 0 Å². The van der Waals surface area contributed by atoms with E-state index >= 15 is 0 Å². The fourth-order valence-corrected chi connectivity index (χ4v) is 3.06. The maximum atomic E-state index is 12.2. The lowest BCUT2D eigenvalue weighted by molar-refractivity contribution is -0.114. The number of thioether (sulfide) groups is 1. The minimum atomic E-state index is -0.0975. The summed E-state index contributed by atoms with van der Waals surface area (Å²) in [5, 5.41) is 5.74. The Morgan fingerprint density at radius 1 is 1.04 bits per heavy atom. The first-order valence-electron chi connectivity index (χ1n) is 7.88. The van der Waals surface area contributed by atoms with E-state index in [4.69, 9.17) is 0 Å². The third-order valence-corrected chi connectivity index (χ3v) is 4.56. The number of aryl methyl sites for hydroxylation is 2. The van der Waals surface area contributed by atoms with E-state index in [2.05, 4.69) is 17.6 Å². The summed E-state index contributed by atoms with van der Waals surface area (Å²) in [6, 6.07) is 13.5. The van der Waals surface area contributed by atoms with Gasteiger partial charge in [-0.15, -0.1) is 11.8 Å². The lowest BCUT2D eigenvalue weighted by Crippen LogP contribution is -2.16. The van der Waals surface area contributed by atoms with Gasteiger partial charge in [0.05, 0.1) is 5.75 Å². The van der Waals surface area contributed by atoms with Crippen molar-refractivity contribution in [1.82, 2.24) is 0 Å². The van der Waals surface area contributed by atoms with Crippen LogP contribution in [0.15, 0.2) is 47.4 Å². The summed E-state index contributed by atoms with van der Waals surface area (Å²) in [6.07, 6.45) is 0.884. The topological polar surface area (TPSA) is 58.2 Å². The Labute approximate surface area is 147 Å².